The molecule has 1 aromatic rings. The zero-order chi connectivity index (χ0) is 19.7. The number of fused-ring (bicyclic) bond motifs is 1. The smallest absolute Gasteiger partial charge is 0.119 e. The van der Waals surface area contributed by atoms with Gasteiger partial charge in [-0.15, -0.1) is 0 Å². The van der Waals surface area contributed by atoms with Crippen LogP contribution in [0.2, 0.25) is 0 Å². The van der Waals surface area contributed by atoms with Gasteiger partial charge in [0.2, 0.25) is 0 Å². The number of halogens is 2. The third kappa shape index (κ3) is 3.83. The largest absolute Gasteiger partial charge is 0.494 e. The molecule has 0 bridgehead atoms. The first kappa shape index (κ1) is 20.2. The minimum absolute atomic E-state index is 0.108. The van der Waals surface area contributed by atoms with Gasteiger partial charge < -0.3 is 4.74 Å². The summed E-state index contributed by atoms with van der Waals surface area (Å²) < 4.78 is 35.7. The van der Waals surface area contributed by atoms with Crippen LogP contribution in [0.5, 0.6) is 5.75 Å². The van der Waals surface area contributed by atoms with Crippen LogP contribution < -0.4 is 4.74 Å². The first-order valence-corrected chi connectivity index (χ1v) is 11.6. The Morgan fingerprint density at radius 2 is 1.61 bits per heavy atom. The van der Waals surface area contributed by atoms with Crippen molar-refractivity contribution in [1.29, 1.82) is 0 Å². The molecule has 6 unspecified atom stereocenters. The number of alkyl halides is 2. The molecule has 1 aromatic carbocycles. The van der Waals surface area contributed by atoms with Crippen LogP contribution in [0.15, 0.2) is 24.3 Å². The summed E-state index contributed by atoms with van der Waals surface area (Å²) in [4.78, 5) is 0. The molecule has 3 heteroatoms. The maximum atomic E-state index is 15.3. The van der Waals surface area contributed by atoms with Crippen molar-refractivity contribution in [2.24, 2.45) is 29.6 Å². The van der Waals surface area contributed by atoms with Gasteiger partial charge in [0.05, 0.1) is 6.61 Å². The normalized spacial score (nSPS) is 40.4. The van der Waals surface area contributed by atoms with Gasteiger partial charge in [0, 0.05) is 5.92 Å². The molecular formula is C25H36F2O. The fourth-order valence-corrected chi connectivity index (χ4v) is 6.69. The van der Waals surface area contributed by atoms with Gasteiger partial charge in [0.25, 0.3) is 0 Å². The van der Waals surface area contributed by atoms with Crippen molar-refractivity contribution in [3.8, 4) is 5.75 Å². The van der Waals surface area contributed by atoms with Gasteiger partial charge >= 0.3 is 0 Å². The van der Waals surface area contributed by atoms with Crippen molar-refractivity contribution < 1.29 is 13.5 Å². The number of hydrogen-bond donors (Lipinski definition) is 0. The predicted octanol–water partition coefficient (Wildman–Crippen LogP) is 7.11. The Balaban J connectivity index is 1.32. The summed E-state index contributed by atoms with van der Waals surface area (Å²) >= 11 is 0. The monoisotopic (exact) mass is 390 g/mol. The maximum absolute atomic E-state index is 15.3. The van der Waals surface area contributed by atoms with Crippen LogP contribution in [-0.2, 0) is 0 Å². The second kappa shape index (κ2) is 8.71. The van der Waals surface area contributed by atoms with E-state index in [-0.39, 0.29) is 17.8 Å². The second-order valence-electron chi connectivity index (χ2n) is 9.52. The summed E-state index contributed by atoms with van der Waals surface area (Å²) in [7, 11) is 0. The van der Waals surface area contributed by atoms with Crippen LogP contribution in [-0.4, -0.2) is 19.0 Å². The number of rotatable bonds is 6. The topological polar surface area (TPSA) is 9.23 Å². The Kier molecular flexibility index (Phi) is 6.27. The maximum Gasteiger partial charge on any atom is 0.119 e. The van der Waals surface area contributed by atoms with Crippen LogP contribution >= 0.6 is 0 Å². The third-order valence-electron chi connectivity index (χ3n) is 8.02. The molecule has 0 saturated heterocycles. The van der Waals surface area contributed by atoms with Crippen molar-refractivity contribution in [2.45, 2.75) is 83.5 Å². The zero-order valence-electron chi connectivity index (χ0n) is 17.5. The van der Waals surface area contributed by atoms with Crippen molar-refractivity contribution in [1.82, 2.24) is 0 Å². The Morgan fingerprint density at radius 3 is 2.21 bits per heavy atom. The van der Waals surface area contributed by atoms with Crippen LogP contribution in [0.25, 0.3) is 0 Å². The molecule has 3 saturated carbocycles. The van der Waals surface area contributed by atoms with Crippen molar-refractivity contribution in [3.05, 3.63) is 29.8 Å². The van der Waals surface area contributed by atoms with Gasteiger partial charge in [-0.05, 0) is 99.2 Å². The minimum atomic E-state index is -0.908. The van der Waals surface area contributed by atoms with Gasteiger partial charge in [0.15, 0.2) is 0 Å². The highest BCUT2D eigenvalue weighted by Gasteiger charge is 2.56. The highest BCUT2D eigenvalue weighted by Crippen LogP contribution is 2.56. The van der Waals surface area contributed by atoms with Gasteiger partial charge in [-0.2, -0.15) is 0 Å². The molecule has 3 aliphatic carbocycles. The summed E-state index contributed by atoms with van der Waals surface area (Å²) in [5, 5.41) is 0. The van der Waals surface area contributed by atoms with Crippen LogP contribution in [0.1, 0.15) is 76.7 Å². The van der Waals surface area contributed by atoms with E-state index in [1.165, 1.54) is 5.56 Å². The average Bonchev–Trinajstić information content (AvgIpc) is 3.20. The first-order valence-electron chi connectivity index (χ1n) is 11.6. The molecule has 28 heavy (non-hydrogen) atoms. The first-order chi connectivity index (χ1) is 13.6. The van der Waals surface area contributed by atoms with Crippen molar-refractivity contribution >= 4 is 0 Å². The van der Waals surface area contributed by atoms with E-state index in [2.05, 4.69) is 31.2 Å². The molecule has 0 radical (unpaired) electrons. The Bertz CT molecular complexity index is 622. The highest BCUT2D eigenvalue weighted by molar-refractivity contribution is 5.29. The zero-order valence-corrected chi connectivity index (χ0v) is 17.5. The van der Waals surface area contributed by atoms with Crippen LogP contribution in [0.3, 0.4) is 0 Å². The van der Waals surface area contributed by atoms with E-state index in [1.807, 2.05) is 6.92 Å². The van der Waals surface area contributed by atoms with Gasteiger partial charge in [-0.25, -0.2) is 8.78 Å². The quantitative estimate of drug-likeness (QED) is 0.503. The van der Waals surface area contributed by atoms with Crippen molar-refractivity contribution in [3.63, 3.8) is 0 Å². The van der Waals surface area contributed by atoms with E-state index in [0.29, 0.717) is 24.4 Å². The molecule has 6 atom stereocenters. The Morgan fingerprint density at radius 1 is 0.893 bits per heavy atom. The highest BCUT2D eigenvalue weighted by atomic mass is 19.1. The molecule has 3 fully saturated rings. The molecule has 3 aliphatic rings. The fraction of sp³-hybridized carbons (Fsp3) is 0.760. The van der Waals surface area contributed by atoms with E-state index in [9.17, 15) is 4.39 Å². The van der Waals surface area contributed by atoms with Gasteiger partial charge in [0.1, 0.15) is 18.1 Å². The molecule has 1 nitrogen and oxygen atoms in total. The van der Waals surface area contributed by atoms with E-state index in [1.54, 1.807) is 0 Å². The molecule has 156 valence electrons. The van der Waals surface area contributed by atoms with E-state index in [0.717, 1.165) is 57.1 Å². The molecule has 0 aromatic heterocycles. The number of ether oxygens (including phenoxy) is 1. The third-order valence-corrected chi connectivity index (χ3v) is 8.02. The molecule has 0 spiro atoms. The summed E-state index contributed by atoms with van der Waals surface area (Å²) in [6, 6.07) is 8.51. The number of hydrogen-bond acceptors (Lipinski definition) is 1. The number of benzene rings is 1. The Labute approximate surface area is 169 Å². The van der Waals surface area contributed by atoms with Crippen LogP contribution in [0, 0.1) is 29.6 Å². The lowest BCUT2D eigenvalue weighted by Gasteiger charge is -2.34. The molecule has 0 heterocycles. The summed E-state index contributed by atoms with van der Waals surface area (Å²) in [5.74, 6) is 2.19. The van der Waals surface area contributed by atoms with Crippen molar-refractivity contribution in [2.75, 3.05) is 6.61 Å². The molecular weight excluding hydrogens is 354 g/mol. The molecule has 0 amide bonds. The average molecular weight is 391 g/mol. The van der Waals surface area contributed by atoms with E-state index in [4.69, 9.17) is 4.74 Å². The fourth-order valence-electron chi connectivity index (χ4n) is 6.69. The van der Waals surface area contributed by atoms with Gasteiger partial charge in [-0.1, -0.05) is 25.5 Å². The minimum Gasteiger partial charge on any atom is -0.494 e. The summed E-state index contributed by atoms with van der Waals surface area (Å²) in [6.45, 7) is 4.80. The lowest BCUT2D eigenvalue weighted by atomic mass is 9.72. The van der Waals surface area contributed by atoms with Crippen LogP contribution in [0.4, 0.5) is 8.78 Å². The van der Waals surface area contributed by atoms with E-state index >= 15 is 4.39 Å². The second-order valence-corrected chi connectivity index (χ2v) is 9.52. The SMILES string of the molecule is CCCC1CC2CC(C3CCC(c4ccc(OCC)cc4)CC3)C(F)C2C1F. The molecule has 4 rings (SSSR count). The molecule has 0 aliphatic heterocycles. The summed E-state index contributed by atoms with van der Waals surface area (Å²) in [6.07, 6.45) is 6.46. The lowest BCUT2D eigenvalue weighted by Crippen LogP contribution is -2.31. The van der Waals surface area contributed by atoms with Gasteiger partial charge in [-0.3, -0.25) is 0 Å². The lowest BCUT2D eigenvalue weighted by molar-refractivity contribution is 0.0809. The molecule has 0 N–H and O–H groups in total. The Hall–Kier alpha value is -1.12. The predicted molar refractivity (Wildman–Crippen MR) is 110 cm³/mol. The summed E-state index contributed by atoms with van der Waals surface area (Å²) in [5.41, 5.74) is 1.38. The standard InChI is InChI=1S/C25H36F2O/c1-3-5-19-14-20-15-22(25(27)23(20)24(19)26)18-8-6-16(7-9-18)17-10-12-21(13-11-17)28-4-2/h10-13,16,18-20,22-25H,3-9,14-15H2,1-2H3. The van der Waals surface area contributed by atoms with E-state index < -0.39 is 12.3 Å².